The largest absolute Gasteiger partial charge is 0.492 e. The second-order valence-electron chi connectivity index (χ2n) is 4.16. The summed E-state index contributed by atoms with van der Waals surface area (Å²) in [4.78, 5) is 15.5. The van der Waals surface area contributed by atoms with Gasteiger partial charge < -0.3 is 14.0 Å². The van der Waals surface area contributed by atoms with Gasteiger partial charge in [-0.15, -0.1) is 0 Å². The highest BCUT2D eigenvalue weighted by Crippen LogP contribution is 2.13. The van der Waals surface area contributed by atoms with Gasteiger partial charge in [0.15, 0.2) is 0 Å². The number of ether oxygens (including phenoxy) is 2. The monoisotopic (exact) mass is 273 g/mol. The Balaban J connectivity index is 1.80. The first-order chi connectivity index (χ1) is 9.79. The van der Waals surface area contributed by atoms with Crippen molar-refractivity contribution >= 4 is 5.97 Å². The predicted molar refractivity (Wildman–Crippen MR) is 74.4 cm³/mol. The van der Waals surface area contributed by atoms with E-state index in [1.165, 1.54) is 0 Å². The molecule has 1 aromatic carbocycles. The average molecular weight is 273 g/mol. The van der Waals surface area contributed by atoms with Crippen LogP contribution in [0, 0.1) is 6.92 Å². The van der Waals surface area contributed by atoms with Crippen molar-refractivity contribution in [2.75, 3.05) is 13.2 Å². The molecule has 0 atom stereocenters. The normalized spacial score (nSPS) is 10.2. The van der Waals surface area contributed by atoms with Crippen LogP contribution in [0.4, 0.5) is 0 Å². The lowest BCUT2D eigenvalue weighted by molar-refractivity contribution is 0.0511. The second-order valence-corrected chi connectivity index (χ2v) is 4.16. The number of hydrogen-bond acceptors (Lipinski definition) is 4. The van der Waals surface area contributed by atoms with Crippen LogP contribution in [-0.4, -0.2) is 28.7 Å². The fourth-order valence-corrected chi connectivity index (χ4v) is 1.62. The Hall–Kier alpha value is -2.30. The van der Waals surface area contributed by atoms with Gasteiger partial charge in [0.2, 0.25) is 0 Å². The van der Waals surface area contributed by atoms with Crippen molar-refractivity contribution in [1.29, 1.82) is 0 Å². The first-order valence-electron chi connectivity index (χ1n) is 6.44. The van der Waals surface area contributed by atoms with Gasteiger partial charge in [0.05, 0.1) is 25.0 Å². The van der Waals surface area contributed by atoms with E-state index in [1.54, 1.807) is 36.8 Å². The zero-order chi connectivity index (χ0) is 14.2. The van der Waals surface area contributed by atoms with Crippen molar-refractivity contribution < 1.29 is 14.3 Å². The van der Waals surface area contributed by atoms with Gasteiger partial charge in [0, 0.05) is 12.4 Å². The minimum atomic E-state index is -0.335. The third-order valence-electron chi connectivity index (χ3n) is 2.64. The van der Waals surface area contributed by atoms with E-state index in [4.69, 9.17) is 9.47 Å². The predicted octanol–water partition coefficient (Wildman–Crippen LogP) is 2.34. The van der Waals surface area contributed by atoms with Gasteiger partial charge >= 0.3 is 5.97 Å². The van der Waals surface area contributed by atoms with Gasteiger partial charge in [-0.1, -0.05) is 0 Å². The van der Waals surface area contributed by atoms with E-state index in [1.807, 2.05) is 10.8 Å². The van der Waals surface area contributed by atoms with Crippen LogP contribution in [0.3, 0.4) is 0 Å². The van der Waals surface area contributed by atoms with Crippen molar-refractivity contribution in [3.63, 3.8) is 0 Å². The molecule has 0 aliphatic heterocycles. The maximum Gasteiger partial charge on any atom is 0.338 e. The van der Waals surface area contributed by atoms with E-state index in [0.717, 1.165) is 12.3 Å². The molecule has 0 amide bonds. The zero-order valence-electron chi connectivity index (χ0n) is 11.2. The summed E-state index contributed by atoms with van der Waals surface area (Å²) in [5.41, 5.74) is 0.514. The molecule has 0 saturated carbocycles. The number of hydrogen-bond donors (Lipinski definition) is 0. The SMILES string of the molecule is [CH2]CCOC(=O)c1ccc(OCCn2ccnc2)cc1. The Bertz CT molecular complexity index is 521. The number of carbonyl (C=O) groups excluding carboxylic acids is 1. The minimum Gasteiger partial charge on any atom is -0.492 e. The number of rotatable bonds is 7. The molecule has 1 aromatic heterocycles. The van der Waals surface area contributed by atoms with Crippen LogP contribution in [0.15, 0.2) is 43.0 Å². The molecule has 1 heterocycles. The summed E-state index contributed by atoms with van der Waals surface area (Å²) in [6, 6.07) is 6.90. The van der Waals surface area contributed by atoms with Crippen LogP contribution in [0.25, 0.3) is 0 Å². The first kappa shape index (κ1) is 14.1. The maximum absolute atomic E-state index is 11.6. The quantitative estimate of drug-likeness (QED) is 0.727. The molecule has 1 radical (unpaired) electrons. The molecule has 2 aromatic rings. The van der Waals surface area contributed by atoms with Gasteiger partial charge in [-0.2, -0.15) is 0 Å². The van der Waals surface area contributed by atoms with Crippen LogP contribution < -0.4 is 4.74 Å². The lowest BCUT2D eigenvalue weighted by Gasteiger charge is -2.07. The number of benzene rings is 1. The highest BCUT2D eigenvalue weighted by Gasteiger charge is 2.06. The Morgan fingerprint density at radius 2 is 2.05 bits per heavy atom. The highest BCUT2D eigenvalue weighted by molar-refractivity contribution is 5.89. The molecule has 2 rings (SSSR count). The number of imidazole rings is 1. The molecule has 0 aliphatic rings. The Morgan fingerprint density at radius 3 is 2.70 bits per heavy atom. The molecular weight excluding hydrogens is 256 g/mol. The summed E-state index contributed by atoms with van der Waals surface area (Å²) in [5, 5.41) is 0. The standard InChI is InChI=1S/C15H17N2O3/c1-2-10-20-15(18)13-3-5-14(6-4-13)19-11-9-17-8-7-16-12-17/h3-8,12H,1-2,9-11H2. The van der Waals surface area contributed by atoms with Crippen LogP contribution in [0.1, 0.15) is 16.8 Å². The molecule has 5 heteroatoms. The van der Waals surface area contributed by atoms with Crippen molar-refractivity contribution in [2.45, 2.75) is 13.0 Å². The number of aromatic nitrogens is 2. The van der Waals surface area contributed by atoms with Gasteiger partial charge in [0.1, 0.15) is 12.4 Å². The number of carbonyl (C=O) groups is 1. The van der Waals surface area contributed by atoms with Crippen LogP contribution in [0.5, 0.6) is 5.75 Å². The molecule has 0 bridgehead atoms. The fraction of sp³-hybridized carbons (Fsp3) is 0.267. The summed E-state index contributed by atoms with van der Waals surface area (Å²) in [6.07, 6.45) is 5.92. The highest BCUT2D eigenvalue weighted by atomic mass is 16.5. The van der Waals surface area contributed by atoms with Crippen molar-refractivity contribution in [3.8, 4) is 5.75 Å². The Morgan fingerprint density at radius 1 is 1.25 bits per heavy atom. The van der Waals surface area contributed by atoms with Crippen molar-refractivity contribution in [3.05, 3.63) is 55.5 Å². The summed E-state index contributed by atoms with van der Waals surface area (Å²) < 4.78 is 12.5. The first-order valence-corrected chi connectivity index (χ1v) is 6.44. The Kier molecular flexibility index (Phi) is 5.17. The molecule has 0 aliphatic carbocycles. The molecule has 0 fully saturated rings. The topological polar surface area (TPSA) is 53.4 Å². The Labute approximate surface area is 118 Å². The summed E-state index contributed by atoms with van der Waals surface area (Å²) in [6.45, 7) is 5.22. The molecule has 0 saturated heterocycles. The van der Waals surface area contributed by atoms with E-state index < -0.39 is 0 Å². The third kappa shape index (κ3) is 4.12. The molecule has 0 unspecified atom stereocenters. The van der Waals surface area contributed by atoms with Crippen molar-refractivity contribution in [2.24, 2.45) is 0 Å². The van der Waals surface area contributed by atoms with E-state index >= 15 is 0 Å². The van der Waals surface area contributed by atoms with Gasteiger partial charge in [-0.05, 0) is 37.6 Å². The van der Waals surface area contributed by atoms with Gasteiger partial charge in [-0.3, -0.25) is 0 Å². The molecule has 20 heavy (non-hydrogen) atoms. The minimum absolute atomic E-state index is 0.335. The van der Waals surface area contributed by atoms with E-state index in [9.17, 15) is 4.79 Å². The van der Waals surface area contributed by atoms with E-state index in [-0.39, 0.29) is 5.97 Å². The van der Waals surface area contributed by atoms with E-state index in [0.29, 0.717) is 25.2 Å². The van der Waals surface area contributed by atoms with Crippen LogP contribution >= 0.6 is 0 Å². The molecular formula is C15H17N2O3. The smallest absolute Gasteiger partial charge is 0.338 e. The zero-order valence-corrected chi connectivity index (χ0v) is 11.2. The molecule has 105 valence electrons. The molecule has 5 nitrogen and oxygen atoms in total. The lowest BCUT2D eigenvalue weighted by Crippen LogP contribution is -2.07. The van der Waals surface area contributed by atoms with Crippen molar-refractivity contribution in [1.82, 2.24) is 9.55 Å². The van der Waals surface area contributed by atoms with Gasteiger partial charge in [0.25, 0.3) is 0 Å². The van der Waals surface area contributed by atoms with Gasteiger partial charge in [-0.25, -0.2) is 9.78 Å². The molecule has 0 N–H and O–H groups in total. The average Bonchev–Trinajstić information content (AvgIpc) is 2.99. The van der Waals surface area contributed by atoms with Crippen LogP contribution in [0.2, 0.25) is 0 Å². The summed E-state index contributed by atoms with van der Waals surface area (Å²) in [7, 11) is 0. The maximum atomic E-state index is 11.6. The van der Waals surface area contributed by atoms with E-state index in [2.05, 4.69) is 11.9 Å². The number of esters is 1. The van der Waals surface area contributed by atoms with Crippen LogP contribution in [-0.2, 0) is 11.3 Å². The second kappa shape index (κ2) is 7.33. The lowest BCUT2D eigenvalue weighted by atomic mass is 10.2. The summed E-state index contributed by atoms with van der Waals surface area (Å²) >= 11 is 0. The number of nitrogens with zero attached hydrogens (tertiary/aromatic N) is 2. The molecule has 0 spiro atoms. The fourth-order valence-electron chi connectivity index (χ4n) is 1.62. The third-order valence-corrected chi connectivity index (χ3v) is 2.64. The summed E-state index contributed by atoms with van der Waals surface area (Å²) in [5.74, 6) is 0.387.